The second kappa shape index (κ2) is 4.98. The number of aryl methyl sites for hydroxylation is 1. The molecule has 3 heteroatoms. The maximum atomic E-state index is 13.2. The molecule has 90 valence electrons. The van der Waals surface area contributed by atoms with Crippen molar-refractivity contribution in [1.29, 1.82) is 0 Å². The lowest BCUT2D eigenvalue weighted by molar-refractivity contribution is 0.628. The van der Waals surface area contributed by atoms with Gasteiger partial charge in [-0.25, -0.2) is 4.39 Å². The minimum Gasteiger partial charge on any atom is -0.313 e. The number of nitrogens with one attached hydrogen (secondary N) is 1. The molecule has 0 spiro atoms. The molecule has 1 nitrogen and oxygen atoms in total. The average Bonchev–Trinajstić information content (AvgIpc) is 2.70. The van der Waals surface area contributed by atoms with Crippen LogP contribution < -0.4 is 5.32 Å². The predicted molar refractivity (Wildman–Crippen MR) is 71.9 cm³/mol. The molecule has 1 unspecified atom stereocenters. The van der Waals surface area contributed by atoms with Gasteiger partial charge in [0.1, 0.15) is 5.82 Å². The van der Waals surface area contributed by atoms with E-state index in [0.717, 1.165) is 10.4 Å². The van der Waals surface area contributed by atoms with Crippen molar-refractivity contribution in [2.45, 2.75) is 19.9 Å². The van der Waals surface area contributed by atoms with Gasteiger partial charge in [0.05, 0.1) is 0 Å². The fourth-order valence-corrected chi connectivity index (χ4v) is 3.01. The van der Waals surface area contributed by atoms with E-state index in [4.69, 9.17) is 0 Å². The first kappa shape index (κ1) is 12.3. The molecule has 0 saturated carbocycles. The number of halogens is 1. The van der Waals surface area contributed by atoms with Crippen LogP contribution in [0.2, 0.25) is 0 Å². The van der Waals surface area contributed by atoms with Crippen LogP contribution in [0.5, 0.6) is 0 Å². The highest BCUT2D eigenvalue weighted by Crippen LogP contribution is 2.35. The zero-order chi connectivity index (χ0) is 12.4. The number of rotatable bonds is 3. The summed E-state index contributed by atoms with van der Waals surface area (Å²) in [4.78, 5) is 2.44. The molecule has 1 aromatic carbocycles. The third-order valence-electron chi connectivity index (χ3n) is 2.88. The summed E-state index contributed by atoms with van der Waals surface area (Å²) < 4.78 is 13.2. The molecule has 0 fully saturated rings. The largest absolute Gasteiger partial charge is 0.313 e. The summed E-state index contributed by atoms with van der Waals surface area (Å²) in [6, 6.07) is 9.28. The molecule has 17 heavy (non-hydrogen) atoms. The molecule has 0 amide bonds. The van der Waals surface area contributed by atoms with Crippen molar-refractivity contribution < 1.29 is 4.39 Å². The van der Waals surface area contributed by atoms with E-state index in [2.05, 4.69) is 25.2 Å². The second-order valence-corrected chi connectivity index (χ2v) is 5.27. The molecule has 0 aliphatic rings. The van der Waals surface area contributed by atoms with Crippen LogP contribution in [-0.2, 0) is 0 Å². The molecule has 1 aromatic heterocycles. The number of hydrogen-bond acceptors (Lipinski definition) is 2. The molecule has 1 N–H and O–H groups in total. The first-order valence-corrected chi connectivity index (χ1v) is 6.47. The van der Waals surface area contributed by atoms with E-state index < -0.39 is 0 Å². The first-order valence-electron chi connectivity index (χ1n) is 5.65. The van der Waals surface area contributed by atoms with Crippen molar-refractivity contribution in [2.24, 2.45) is 0 Å². The van der Waals surface area contributed by atoms with E-state index in [0.29, 0.717) is 6.04 Å². The average molecular weight is 249 g/mol. The van der Waals surface area contributed by atoms with E-state index >= 15 is 0 Å². The van der Waals surface area contributed by atoms with Gasteiger partial charge in [-0.2, -0.15) is 0 Å². The Bertz CT molecular complexity index is 519. The topological polar surface area (TPSA) is 12.0 Å². The van der Waals surface area contributed by atoms with Crippen molar-refractivity contribution >= 4 is 11.3 Å². The van der Waals surface area contributed by atoms with Gasteiger partial charge in [0.15, 0.2) is 0 Å². The highest BCUT2D eigenvalue weighted by Gasteiger charge is 2.11. The number of thiophene rings is 1. The Morgan fingerprint density at radius 1 is 1.29 bits per heavy atom. The highest BCUT2D eigenvalue weighted by atomic mass is 32.1. The third-order valence-corrected chi connectivity index (χ3v) is 4.35. The van der Waals surface area contributed by atoms with Crippen LogP contribution in [0.25, 0.3) is 10.4 Å². The summed E-state index contributed by atoms with van der Waals surface area (Å²) in [5.74, 6) is -0.182. The quantitative estimate of drug-likeness (QED) is 0.862. The second-order valence-electron chi connectivity index (χ2n) is 4.18. The molecular weight excluding hydrogens is 233 g/mol. The molecular formula is C14H16FNS. The molecule has 2 aromatic rings. The Kier molecular flexibility index (Phi) is 3.60. The fraction of sp³-hybridized carbons (Fsp3) is 0.286. The Morgan fingerprint density at radius 3 is 2.71 bits per heavy atom. The van der Waals surface area contributed by atoms with Gasteiger partial charge in [0, 0.05) is 15.8 Å². The third kappa shape index (κ3) is 2.56. The van der Waals surface area contributed by atoms with Crippen molar-refractivity contribution in [3.63, 3.8) is 0 Å². The first-order chi connectivity index (χ1) is 8.11. The summed E-state index contributed by atoms with van der Waals surface area (Å²) in [5, 5.41) is 3.22. The van der Waals surface area contributed by atoms with Crippen molar-refractivity contribution in [3.8, 4) is 10.4 Å². The summed E-state index contributed by atoms with van der Waals surface area (Å²) in [5.41, 5.74) is 2.17. The van der Waals surface area contributed by atoms with Gasteiger partial charge in [0.25, 0.3) is 0 Å². The molecule has 2 rings (SSSR count). The Hall–Kier alpha value is -1.19. The maximum Gasteiger partial charge on any atom is 0.123 e. The minimum absolute atomic E-state index is 0.182. The van der Waals surface area contributed by atoms with Gasteiger partial charge in [-0.3, -0.25) is 0 Å². The van der Waals surface area contributed by atoms with Crippen LogP contribution in [0, 0.1) is 12.7 Å². The van der Waals surface area contributed by atoms with E-state index in [-0.39, 0.29) is 5.82 Å². The summed E-state index contributed by atoms with van der Waals surface area (Å²) in [6.07, 6.45) is 0. The van der Waals surface area contributed by atoms with E-state index in [1.165, 1.54) is 16.5 Å². The normalized spacial score (nSPS) is 12.7. The fourth-order valence-electron chi connectivity index (χ4n) is 1.78. The zero-order valence-electron chi connectivity index (χ0n) is 10.3. The van der Waals surface area contributed by atoms with Crippen LogP contribution in [0.4, 0.5) is 4.39 Å². The zero-order valence-corrected chi connectivity index (χ0v) is 11.1. The van der Waals surface area contributed by atoms with Gasteiger partial charge in [0.2, 0.25) is 0 Å². The van der Waals surface area contributed by atoms with Gasteiger partial charge >= 0.3 is 0 Å². The predicted octanol–water partition coefficient (Wildman–Crippen LogP) is 4.14. The molecule has 1 atom stereocenters. The van der Waals surface area contributed by atoms with E-state index in [1.807, 2.05) is 13.1 Å². The Morgan fingerprint density at radius 2 is 2.06 bits per heavy atom. The minimum atomic E-state index is -0.182. The lowest BCUT2D eigenvalue weighted by atomic mass is 10.1. The standard InChI is InChI=1S/C14H16FNS/c1-9-7-13(10(2)16-3)17-14(9)11-5-4-6-12(15)8-11/h4-8,10,16H,1-3H3. The van der Waals surface area contributed by atoms with Gasteiger partial charge in [-0.05, 0) is 50.2 Å². The summed E-state index contributed by atoms with van der Waals surface area (Å²) in [7, 11) is 1.95. The molecule has 1 heterocycles. The maximum absolute atomic E-state index is 13.2. The van der Waals surface area contributed by atoms with Crippen LogP contribution in [0.1, 0.15) is 23.4 Å². The smallest absolute Gasteiger partial charge is 0.123 e. The Balaban J connectivity index is 2.42. The molecule has 0 aliphatic carbocycles. The lowest BCUT2D eigenvalue weighted by Crippen LogP contribution is -2.10. The molecule has 0 radical (unpaired) electrons. The van der Waals surface area contributed by atoms with Gasteiger partial charge in [-0.15, -0.1) is 11.3 Å². The van der Waals surface area contributed by atoms with E-state index in [1.54, 1.807) is 23.5 Å². The van der Waals surface area contributed by atoms with Crippen molar-refractivity contribution in [1.82, 2.24) is 5.32 Å². The monoisotopic (exact) mass is 249 g/mol. The lowest BCUT2D eigenvalue weighted by Gasteiger charge is -2.05. The molecule has 0 bridgehead atoms. The molecule has 0 saturated heterocycles. The summed E-state index contributed by atoms with van der Waals surface area (Å²) in [6.45, 7) is 4.20. The Labute approximate surface area is 105 Å². The SMILES string of the molecule is CNC(C)c1cc(C)c(-c2cccc(F)c2)s1. The van der Waals surface area contributed by atoms with E-state index in [9.17, 15) is 4.39 Å². The van der Waals surface area contributed by atoms with Gasteiger partial charge in [-0.1, -0.05) is 12.1 Å². The van der Waals surface area contributed by atoms with Crippen LogP contribution in [0.15, 0.2) is 30.3 Å². The summed E-state index contributed by atoms with van der Waals surface area (Å²) >= 11 is 1.72. The van der Waals surface area contributed by atoms with Crippen LogP contribution in [-0.4, -0.2) is 7.05 Å². The van der Waals surface area contributed by atoms with Crippen molar-refractivity contribution in [2.75, 3.05) is 7.05 Å². The highest BCUT2D eigenvalue weighted by molar-refractivity contribution is 7.15. The van der Waals surface area contributed by atoms with Crippen LogP contribution >= 0.6 is 11.3 Å². The van der Waals surface area contributed by atoms with Crippen LogP contribution in [0.3, 0.4) is 0 Å². The molecule has 0 aliphatic heterocycles. The number of benzene rings is 1. The number of hydrogen-bond donors (Lipinski definition) is 1. The van der Waals surface area contributed by atoms with Gasteiger partial charge < -0.3 is 5.32 Å². The van der Waals surface area contributed by atoms with Crippen molar-refractivity contribution in [3.05, 3.63) is 46.6 Å².